The van der Waals surface area contributed by atoms with Gasteiger partial charge in [-0.05, 0) is 31.4 Å². The molecule has 0 aliphatic carbocycles. The van der Waals surface area contributed by atoms with Gasteiger partial charge in [0.05, 0.1) is 0 Å². The minimum absolute atomic E-state index is 0.0319. The van der Waals surface area contributed by atoms with Crippen LogP contribution in [0.2, 0.25) is 0 Å². The van der Waals surface area contributed by atoms with Crippen molar-refractivity contribution in [2.45, 2.75) is 20.0 Å². The van der Waals surface area contributed by atoms with E-state index in [0.29, 0.717) is 11.7 Å². The Balaban J connectivity index is 2.87. The third-order valence-electron chi connectivity index (χ3n) is 1.84. The average Bonchev–Trinajstić information content (AvgIpc) is 2.16. The van der Waals surface area contributed by atoms with E-state index in [0.717, 1.165) is 6.07 Å². The van der Waals surface area contributed by atoms with Crippen LogP contribution in [0.5, 0.6) is 0 Å². The molecule has 1 aromatic carbocycles. The van der Waals surface area contributed by atoms with Crippen molar-refractivity contribution in [3.63, 3.8) is 0 Å². The van der Waals surface area contributed by atoms with E-state index in [-0.39, 0.29) is 11.7 Å². The maximum Gasteiger partial charge on any atom is 0.491 e. The smallest absolute Gasteiger partial charge is 0.423 e. The van der Waals surface area contributed by atoms with E-state index in [2.05, 4.69) is 0 Å². The minimum Gasteiger partial charge on any atom is -0.423 e. The van der Waals surface area contributed by atoms with Gasteiger partial charge in [-0.15, -0.1) is 0 Å². The quantitative estimate of drug-likeness (QED) is 0.589. The summed E-state index contributed by atoms with van der Waals surface area (Å²) < 4.78 is 18.2. The van der Waals surface area contributed by atoms with Gasteiger partial charge >= 0.3 is 7.12 Å². The van der Waals surface area contributed by atoms with E-state index in [4.69, 9.17) is 4.65 Å². The fourth-order valence-electron chi connectivity index (χ4n) is 1.13. The third kappa shape index (κ3) is 3.14. The van der Waals surface area contributed by atoms with E-state index >= 15 is 0 Å². The summed E-state index contributed by atoms with van der Waals surface area (Å²) in [6.45, 7) is 3.53. The lowest BCUT2D eigenvalue weighted by Gasteiger charge is -2.11. The van der Waals surface area contributed by atoms with Gasteiger partial charge in [0, 0.05) is 11.7 Å². The number of rotatable bonds is 4. The predicted molar refractivity (Wildman–Crippen MR) is 55.6 cm³/mol. The molecule has 0 radical (unpaired) electrons. The lowest BCUT2D eigenvalue weighted by atomic mass is 9.79. The van der Waals surface area contributed by atoms with Crippen molar-refractivity contribution in [1.82, 2.24) is 0 Å². The number of benzene rings is 1. The largest absolute Gasteiger partial charge is 0.491 e. The molecule has 0 aliphatic heterocycles. The fourth-order valence-corrected chi connectivity index (χ4v) is 1.13. The summed E-state index contributed by atoms with van der Waals surface area (Å²) in [6, 6.07) is 3.86. The third-order valence-corrected chi connectivity index (χ3v) is 1.84. The molecule has 0 atom stereocenters. The van der Waals surface area contributed by atoms with Crippen LogP contribution >= 0.6 is 0 Å². The normalized spacial score (nSPS) is 10.5. The highest BCUT2D eigenvalue weighted by molar-refractivity contribution is 6.60. The van der Waals surface area contributed by atoms with Crippen LogP contribution in [0.25, 0.3) is 0 Å². The highest BCUT2D eigenvalue weighted by Crippen LogP contribution is 2.03. The highest BCUT2D eigenvalue weighted by atomic mass is 19.1. The first-order valence-corrected chi connectivity index (χ1v) is 4.62. The molecule has 0 saturated carbocycles. The summed E-state index contributed by atoms with van der Waals surface area (Å²) in [5, 5.41) is 9.50. The van der Waals surface area contributed by atoms with Crippen molar-refractivity contribution in [1.29, 1.82) is 0 Å². The van der Waals surface area contributed by atoms with Crippen LogP contribution < -0.4 is 5.46 Å². The van der Waals surface area contributed by atoms with Crippen LogP contribution in [-0.4, -0.2) is 24.5 Å². The zero-order valence-corrected chi connectivity index (χ0v) is 8.61. The van der Waals surface area contributed by atoms with Crippen molar-refractivity contribution < 1.29 is 18.9 Å². The van der Waals surface area contributed by atoms with Gasteiger partial charge in [0.15, 0.2) is 6.29 Å². The van der Waals surface area contributed by atoms with E-state index in [1.54, 1.807) is 13.8 Å². The van der Waals surface area contributed by atoms with Crippen LogP contribution in [0.15, 0.2) is 18.2 Å². The molecule has 1 N–H and O–H groups in total. The Labute approximate surface area is 88.0 Å². The van der Waals surface area contributed by atoms with Gasteiger partial charge < -0.3 is 9.68 Å². The topological polar surface area (TPSA) is 46.5 Å². The molecule has 0 fully saturated rings. The van der Waals surface area contributed by atoms with Gasteiger partial charge in [-0.3, -0.25) is 4.79 Å². The van der Waals surface area contributed by atoms with Crippen LogP contribution in [0, 0.1) is 5.82 Å². The number of carbonyl (C=O) groups is 1. The zero-order valence-electron chi connectivity index (χ0n) is 8.61. The molecule has 15 heavy (non-hydrogen) atoms. The lowest BCUT2D eigenvalue weighted by Crippen LogP contribution is -2.36. The molecule has 3 nitrogen and oxygen atoms in total. The number of hydrogen-bond donors (Lipinski definition) is 1. The van der Waals surface area contributed by atoms with E-state index in [1.165, 1.54) is 12.1 Å². The Morgan fingerprint density at radius 3 is 2.67 bits per heavy atom. The minimum atomic E-state index is -1.17. The van der Waals surface area contributed by atoms with Crippen molar-refractivity contribution in [2.24, 2.45) is 0 Å². The highest BCUT2D eigenvalue weighted by Gasteiger charge is 2.19. The molecule has 0 heterocycles. The second kappa shape index (κ2) is 5.05. The first-order chi connectivity index (χ1) is 7.04. The van der Waals surface area contributed by atoms with Crippen LogP contribution in [0.1, 0.15) is 24.2 Å². The van der Waals surface area contributed by atoms with Crippen molar-refractivity contribution >= 4 is 18.9 Å². The van der Waals surface area contributed by atoms with Crippen LogP contribution in [0.3, 0.4) is 0 Å². The van der Waals surface area contributed by atoms with Gasteiger partial charge in [0.2, 0.25) is 0 Å². The second-order valence-electron chi connectivity index (χ2n) is 3.44. The molecule has 1 aromatic rings. The number of halogens is 1. The maximum absolute atomic E-state index is 13.2. The Kier molecular flexibility index (Phi) is 4.00. The fraction of sp³-hybridized carbons (Fsp3) is 0.300. The van der Waals surface area contributed by atoms with Gasteiger partial charge in [-0.1, -0.05) is 6.07 Å². The molecule has 5 heteroatoms. The van der Waals surface area contributed by atoms with Crippen LogP contribution in [-0.2, 0) is 4.65 Å². The van der Waals surface area contributed by atoms with Gasteiger partial charge in [0.1, 0.15) is 5.82 Å². The summed E-state index contributed by atoms with van der Waals surface area (Å²) in [5.41, 5.74) is 0.266. The second-order valence-corrected chi connectivity index (χ2v) is 3.44. The SMILES string of the molecule is CC(C)OB(O)c1ccc(C=O)c(F)c1. The summed E-state index contributed by atoms with van der Waals surface area (Å²) in [7, 11) is -1.17. The van der Waals surface area contributed by atoms with Crippen LogP contribution in [0.4, 0.5) is 4.39 Å². The van der Waals surface area contributed by atoms with Gasteiger partial charge in [0.25, 0.3) is 0 Å². The molecule has 0 spiro atoms. The van der Waals surface area contributed by atoms with Crippen molar-refractivity contribution in [3.05, 3.63) is 29.6 Å². The van der Waals surface area contributed by atoms with E-state index in [9.17, 15) is 14.2 Å². The summed E-state index contributed by atoms with van der Waals surface area (Å²) >= 11 is 0. The molecular weight excluding hydrogens is 198 g/mol. The van der Waals surface area contributed by atoms with Crippen molar-refractivity contribution in [2.75, 3.05) is 0 Å². The van der Waals surface area contributed by atoms with Crippen molar-refractivity contribution in [3.8, 4) is 0 Å². The molecule has 0 bridgehead atoms. The molecule has 0 aromatic heterocycles. The average molecular weight is 210 g/mol. The molecule has 1 rings (SSSR count). The summed E-state index contributed by atoms with van der Waals surface area (Å²) in [4.78, 5) is 10.4. The molecule has 0 unspecified atom stereocenters. The molecule has 0 aliphatic rings. The Morgan fingerprint density at radius 1 is 1.53 bits per heavy atom. The Hall–Kier alpha value is -1.20. The van der Waals surface area contributed by atoms with E-state index < -0.39 is 12.9 Å². The standard InChI is InChI=1S/C10H12BFO3/c1-7(2)15-11(14)9-4-3-8(6-13)10(12)5-9/h3-7,14H,1-2H3. The number of hydrogen-bond acceptors (Lipinski definition) is 3. The monoisotopic (exact) mass is 210 g/mol. The zero-order chi connectivity index (χ0) is 11.4. The molecule has 0 saturated heterocycles. The Bertz CT molecular complexity index is 355. The van der Waals surface area contributed by atoms with Gasteiger partial charge in [-0.2, -0.15) is 0 Å². The number of carbonyl (C=O) groups excluding carboxylic acids is 1. The summed E-state index contributed by atoms with van der Waals surface area (Å²) in [5.74, 6) is -0.658. The predicted octanol–water partition coefficient (Wildman–Crippen LogP) is 0.751. The van der Waals surface area contributed by atoms with Gasteiger partial charge in [-0.25, -0.2) is 4.39 Å². The number of aldehydes is 1. The lowest BCUT2D eigenvalue weighted by molar-refractivity contribution is 0.111. The first kappa shape index (κ1) is 11.9. The molecular formula is C10H12BFO3. The maximum atomic E-state index is 13.2. The summed E-state index contributed by atoms with van der Waals surface area (Å²) in [6.07, 6.45) is 0.267. The van der Waals surface area contributed by atoms with E-state index in [1.807, 2.05) is 0 Å². The Morgan fingerprint density at radius 2 is 2.20 bits per heavy atom. The molecule has 80 valence electrons. The molecule has 0 amide bonds. The first-order valence-electron chi connectivity index (χ1n) is 4.62.